The van der Waals surface area contributed by atoms with Gasteiger partial charge in [-0.3, -0.25) is 33.5 Å². The Bertz CT molecular complexity index is 3660. The van der Waals surface area contributed by atoms with E-state index in [1.807, 2.05) is 36.4 Å². The number of carbonyl (C=O) groups excluding carboxylic acids is 3. The number of hydrogen-bond acceptors (Lipinski definition) is 13. The van der Waals surface area contributed by atoms with E-state index < -0.39 is 48.4 Å². The van der Waals surface area contributed by atoms with Gasteiger partial charge in [0.15, 0.2) is 0 Å². The second kappa shape index (κ2) is 21.5. The molecule has 76 heavy (non-hydrogen) atoms. The zero-order valence-corrected chi connectivity index (χ0v) is 41.7. The summed E-state index contributed by atoms with van der Waals surface area (Å²) in [6.07, 6.45) is 0. The third-order valence-electron chi connectivity index (χ3n) is 11.4. The third kappa shape index (κ3) is 13.4. The van der Waals surface area contributed by atoms with Crippen LogP contribution in [0.15, 0.2) is 178 Å². The Balaban J connectivity index is 0.906. The monoisotopic (exact) mass is 1080 g/mol. The molecule has 3 heterocycles. The van der Waals surface area contributed by atoms with E-state index in [9.17, 15) is 53.3 Å². The summed E-state index contributed by atoms with van der Waals surface area (Å²) < 4.78 is 96.0. The molecule has 6 amide bonds. The molecule has 0 saturated carbocycles. The Morgan fingerprint density at radius 1 is 0.342 bits per heavy atom. The van der Waals surface area contributed by atoms with Crippen LogP contribution in [0.5, 0.6) is 0 Å². The molecular formula is C51H42N10O12S3. The molecule has 386 valence electrons. The maximum absolute atomic E-state index is 12.8. The number of urea groups is 3. The molecule has 0 bridgehead atoms. The summed E-state index contributed by atoms with van der Waals surface area (Å²) in [4.78, 5) is 54.4. The highest BCUT2D eigenvalue weighted by Gasteiger charge is 2.17. The number of hydrogen-bond donors (Lipinski definition) is 9. The number of anilines is 6. The first-order chi connectivity index (χ1) is 36.1. The Morgan fingerprint density at radius 2 is 0.579 bits per heavy atom. The van der Waals surface area contributed by atoms with E-state index in [0.29, 0.717) is 87.4 Å². The summed E-state index contributed by atoms with van der Waals surface area (Å²) in [5, 5.41) is 18.3. The standard InChI is InChI=1S/C51H42N10O12S3/c62-49(55-34-7-16-43(17-8-34)74(65,66)67)58-37-13-22-46-31(25-37)1-4-40(52-46)28-61(29-41-5-2-32-26-38(14-23-47(32)53-41)59-50(63)56-35-9-18-44(19-10-35)75(68,69)70)30-42-6-3-33-27-39(15-24-48(33)54-42)60-51(64)57-36-11-20-45(21-12-36)76(71,72)73/h1-27H,28-30H2,(H2,55,58,62)(H2,56,59,63)(H2,57,60,64)(H,65,66,67)(H,68,69,70)(H,71,72,73). The zero-order valence-electron chi connectivity index (χ0n) is 39.2. The van der Waals surface area contributed by atoms with Gasteiger partial charge in [-0.2, -0.15) is 25.3 Å². The van der Waals surface area contributed by atoms with Gasteiger partial charge in [-0.1, -0.05) is 18.2 Å². The number of pyridine rings is 3. The lowest BCUT2D eigenvalue weighted by molar-refractivity contribution is 0.239. The zero-order chi connectivity index (χ0) is 53.8. The van der Waals surface area contributed by atoms with Crippen LogP contribution >= 0.6 is 0 Å². The Kier molecular flexibility index (Phi) is 14.7. The number of aromatic nitrogens is 3. The van der Waals surface area contributed by atoms with Crippen LogP contribution in [0.25, 0.3) is 32.7 Å². The molecule has 0 aliphatic carbocycles. The van der Waals surface area contributed by atoms with E-state index in [2.05, 4.69) is 36.8 Å². The quantitative estimate of drug-likeness (QED) is 0.0432. The van der Waals surface area contributed by atoms with Crippen molar-refractivity contribution in [1.29, 1.82) is 0 Å². The molecule has 0 aliphatic rings. The minimum absolute atomic E-state index is 0.301. The topological polar surface area (TPSA) is 328 Å². The molecule has 6 aromatic carbocycles. The van der Waals surface area contributed by atoms with Crippen LogP contribution in [-0.2, 0) is 50.0 Å². The second-order valence-electron chi connectivity index (χ2n) is 17.0. The lowest BCUT2D eigenvalue weighted by Crippen LogP contribution is -2.24. The SMILES string of the molecule is O=C(Nc1ccc(S(=O)(=O)O)cc1)Nc1ccc2nc(CN(Cc3ccc4cc(NC(=O)Nc5ccc(S(=O)(=O)O)cc5)ccc4n3)Cc3ccc4cc(NC(=O)Nc5ccc(S(=O)(=O)O)cc5)ccc4n3)ccc2c1. The summed E-state index contributed by atoms with van der Waals surface area (Å²) in [5.41, 5.74) is 6.41. The summed E-state index contributed by atoms with van der Waals surface area (Å²) in [5.74, 6) is 0. The van der Waals surface area contributed by atoms with Gasteiger partial charge >= 0.3 is 18.1 Å². The van der Waals surface area contributed by atoms with Gasteiger partial charge in [0.25, 0.3) is 30.4 Å². The molecule has 0 radical (unpaired) electrons. The first-order valence-electron chi connectivity index (χ1n) is 22.5. The molecule has 0 saturated heterocycles. The number of rotatable bonds is 15. The summed E-state index contributed by atoms with van der Waals surface area (Å²) in [7, 11) is -13.2. The third-order valence-corrected chi connectivity index (χ3v) is 14.0. The molecule has 9 aromatic rings. The van der Waals surface area contributed by atoms with Crippen LogP contribution in [0.3, 0.4) is 0 Å². The smallest absolute Gasteiger partial charge is 0.308 e. The van der Waals surface area contributed by atoms with E-state index >= 15 is 0 Å². The lowest BCUT2D eigenvalue weighted by atomic mass is 10.1. The number of nitrogens with zero attached hydrogens (tertiary/aromatic N) is 4. The Hall–Kier alpha value is -8.95. The van der Waals surface area contributed by atoms with Gasteiger partial charge in [0.1, 0.15) is 0 Å². The van der Waals surface area contributed by atoms with Gasteiger partial charge in [-0.05, 0) is 146 Å². The van der Waals surface area contributed by atoms with Crippen molar-refractivity contribution in [3.8, 4) is 0 Å². The molecule has 3 aromatic heterocycles. The van der Waals surface area contributed by atoms with E-state index in [1.54, 1.807) is 54.6 Å². The molecule has 22 nitrogen and oxygen atoms in total. The van der Waals surface area contributed by atoms with Gasteiger partial charge in [0.2, 0.25) is 0 Å². The average molecular weight is 1080 g/mol. The average Bonchev–Trinajstić information content (AvgIpc) is 3.37. The fraction of sp³-hybridized carbons (Fsp3) is 0.0588. The van der Waals surface area contributed by atoms with Crippen LogP contribution in [0.1, 0.15) is 17.1 Å². The highest BCUT2D eigenvalue weighted by molar-refractivity contribution is 7.86. The van der Waals surface area contributed by atoms with Crippen LogP contribution in [0, 0.1) is 0 Å². The predicted octanol–water partition coefficient (Wildman–Crippen LogP) is 9.21. The first kappa shape index (κ1) is 51.9. The Labute approximate surface area is 433 Å². The molecule has 0 spiro atoms. The van der Waals surface area contributed by atoms with Crippen LogP contribution in [0.2, 0.25) is 0 Å². The highest BCUT2D eigenvalue weighted by Crippen LogP contribution is 2.25. The van der Waals surface area contributed by atoms with Crippen LogP contribution in [0.4, 0.5) is 48.5 Å². The Morgan fingerprint density at radius 3 is 0.829 bits per heavy atom. The van der Waals surface area contributed by atoms with E-state index in [1.165, 1.54) is 72.8 Å². The lowest BCUT2D eigenvalue weighted by Gasteiger charge is -2.22. The minimum atomic E-state index is -4.39. The van der Waals surface area contributed by atoms with Gasteiger partial charge in [0.05, 0.1) is 48.3 Å². The molecular weight excluding hydrogens is 1040 g/mol. The van der Waals surface area contributed by atoms with Crippen molar-refractivity contribution in [1.82, 2.24) is 19.9 Å². The van der Waals surface area contributed by atoms with E-state index in [0.717, 1.165) is 16.2 Å². The number of fused-ring (bicyclic) bond motifs is 3. The molecule has 25 heteroatoms. The predicted molar refractivity (Wildman–Crippen MR) is 285 cm³/mol. The van der Waals surface area contributed by atoms with Crippen molar-refractivity contribution in [3.63, 3.8) is 0 Å². The summed E-state index contributed by atoms with van der Waals surface area (Å²) in [6, 6.07) is 40.2. The van der Waals surface area contributed by atoms with Gasteiger partial charge in [-0.15, -0.1) is 0 Å². The summed E-state index contributed by atoms with van der Waals surface area (Å²) >= 11 is 0. The van der Waals surface area contributed by atoms with Crippen molar-refractivity contribution >= 4 is 115 Å². The summed E-state index contributed by atoms with van der Waals surface area (Å²) in [6.45, 7) is 1.05. The minimum Gasteiger partial charge on any atom is -0.308 e. The maximum atomic E-state index is 12.8. The highest BCUT2D eigenvalue weighted by atomic mass is 32.2. The maximum Gasteiger partial charge on any atom is 0.323 e. The molecule has 9 rings (SSSR count). The second-order valence-corrected chi connectivity index (χ2v) is 21.3. The van der Waals surface area contributed by atoms with Gasteiger partial charge < -0.3 is 31.9 Å². The van der Waals surface area contributed by atoms with Gasteiger partial charge in [0, 0.05) is 69.9 Å². The first-order valence-corrected chi connectivity index (χ1v) is 26.9. The van der Waals surface area contributed by atoms with E-state index in [4.69, 9.17) is 15.0 Å². The van der Waals surface area contributed by atoms with Crippen molar-refractivity contribution < 1.29 is 53.3 Å². The van der Waals surface area contributed by atoms with Crippen LogP contribution in [-0.4, -0.2) is 76.9 Å². The van der Waals surface area contributed by atoms with E-state index in [-0.39, 0.29) is 14.7 Å². The molecule has 0 unspecified atom stereocenters. The molecule has 9 N–H and O–H groups in total. The normalized spacial score (nSPS) is 11.8. The fourth-order valence-corrected chi connectivity index (χ4v) is 9.31. The van der Waals surface area contributed by atoms with Crippen molar-refractivity contribution in [2.24, 2.45) is 0 Å². The van der Waals surface area contributed by atoms with Gasteiger partial charge in [-0.25, -0.2) is 14.4 Å². The fourth-order valence-electron chi connectivity index (χ4n) is 7.87. The largest absolute Gasteiger partial charge is 0.323 e. The number of nitrogens with one attached hydrogen (secondary N) is 6. The molecule has 0 aliphatic heterocycles. The van der Waals surface area contributed by atoms with Crippen molar-refractivity contribution in [2.45, 2.75) is 34.3 Å². The number of carbonyl (C=O) groups is 3. The molecule has 0 atom stereocenters. The number of amides is 6. The molecule has 0 fully saturated rings. The van der Waals surface area contributed by atoms with Crippen molar-refractivity contribution in [2.75, 3.05) is 31.9 Å². The number of benzene rings is 6. The van der Waals surface area contributed by atoms with Crippen molar-refractivity contribution in [3.05, 3.63) is 181 Å². The van der Waals surface area contributed by atoms with Crippen LogP contribution < -0.4 is 31.9 Å².